The molecular formula is C66H117NO10. The van der Waals surface area contributed by atoms with Gasteiger partial charge in [-0.05, 0) is 70.6 Å². The van der Waals surface area contributed by atoms with Gasteiger partial charge in [0.05, 0.1) is 25.4 Å². The molecule has 1 amide bonds. The minimum Gasteiger partial charge on any atom is -0.454 e. The van der Waals surface area contributed by atoms with Gasteiger partial charge in [0.1, 0.15) is 24.4 Å². The molecule has 0 bridgehead atoms. The molecule has 446 valence electrons. The number of unbranched alkanes of at least 4 members (excludes halogenated alkanes) is 29. The molecule has 6 N–H and O–H groups in total. The van der Waals surface area contributed by atoms with Crippen LogP contribution in [0.5, 0.6) is 0 Å². The number of hydrogen-bond acceptors (Lipinski definition) is 10. The van der Waals surface area contributed by atoms with E-state index < -0.39 is 67.4 Å². The van der Waals surface area contributed by atoms with Crippen LogP contribution in [0.25, 0.3) is 0 Å². The monoisotopic (exact) mass is 1080 g/mol. The number of ether oxygens (including phenoxy) is 3. The Kier molecular flexibility index (Phi) is 50.3. The fraction of sp³-hybridized carbons (Fsp3) is 0.788. The second-order valence-corrected chi connectivity index (χ2v) is 21.8. The second-order valence-electron chi connectivity index (χ2n) is 21.8. The minimum atomic E-state index is -1.61. The van der Waals surface area contributed by atoms with Crippen molar-refractivity contribution in [1.29, 1.82) is 0 Å². The van der Waals surface area contributed by atoms with Crippen molar-refractivity contribution in [1.82, 2.24) is 5.32 Å². The Labute approximate surface area is 471 Å². The lowest BCUT2D eigenvalue weighted by Gasteiger charge is -2.41. The molecule has 1 aliphatic heterocycles. The molecule has 11 heteroatoms. The van der Waals surface area contributed by atoms with Crippen LogP contribution in [-0.4, -0.2) is 99.6 Å². The van der Waals surface area contributed by atoms with E-state index in [1.807, 2.05) is 6.08 Å². The van der Waals surface area contributed by atoms with Gasteiger partial charge in [0.15, 0.2) is 12.4 Å². The maximum absolute atomic E-state index is 13.4. The smallest absolute Gasteiger partial charge is 0.306 e. The van der Waals surface area contributed by atoms with Gasteiger partial charge in [0.2, 0.25) is 5.91 Å². The number of nitrogens with one attached hydrogen (secondary N) is 1. The summed E-state index contributed by atoms with van der Waals surface area (Å²) >= 11 is 0. The summed E-state index contributed by atoms with van der Waals surface area (Å²) in [6, 6.07) is -1.03. The molecule has 11 nitrogen and oxygen atoms in total. The van der Waals surface area contributed by atoms with E-state index >= 15 is 0 Å². The van der Waals surface area contributed by atoms with Crippen molar-refractivity contribution in [3.8, 4) is 0 Å². The second kappa shape index (κ2) is 53.7. The summed E-state index contributed by atoms with van der Waals surface area (Å²) in [5.74, 6) is -1.20. The van der Waals surface area contributed by atoms with E-state index in [2.05, 4.69) is 86.8 Å². The van der Waals surface area contributed by atoms with Crippen LogP contribution in [0.1, 0.15) is 271 Å². The van der Waals surface area contributed by atoms with Crippen LogP contribution in [0, 0.1) is 0 Å². The molecule has 0 saturated carbocycles. The third-order valence-corrected chi connectivity index (χ3v) is 14.6. The van der Waals surface area contributed by atoms with Crippen molar-refractivity contribution in [2.75, 3.05) is 13.2 Å². The van der Waals surface area contributed by atoms with Gasteiger partial charge in [-0.1, -0.05) is 267 Å². The quantitative estimate of drug-likeness (QED) is 0.0195. The van der Waals surface area contributed by atoms with E-state index in [1.165, 1.54) is 116 Å². The maximum atomic E-state index is 13.4. The van der Waals surface area contributed by atoms with Crippen molar-refractivity contribution in [2.24, 2.45) is 0 Å². The zero-order valence-electron chi connectivity index (χ0n) is 49.3. The summed E-state index contributed by atoms with van der Waals surface area (Å²) in [5, 5.41) is 57.0. The number of aliphatic hydroxyl groups is 5. The van der Waals surface area contributed by atoms with Crippen molar-refractivity contribution < 1.29 is 49.3 Å². The summed E-state index contributed by atoms with van der Waals surface area (Å²) in [7, 11) is 0. The van der Waals surface area contributed by atoms with Gasteiger partial charge >= 0.3 is 5.97 Å². The van der Waals surface area contributed by atoms with Gasteiger partial charge in [-0.2, -0.15) is 0 Å². The Balaban J connectivity index is 2.68. The molecule has 77 heavy (non-hydrogen) atoms. The van der Waals surface area contributed by atoms with Gasteiger partial charge in [-0.15, -0.1) is 0 Å². The van der Waals surface area contributed by atoms with Crippen LogP contribution >= 0.6 is 0 Å². The molecule has 0 aliphatic carbocycles. The average molecular weight is 1080 g/mol. The predicted octanol–water partition coefficient (Wildman–Crippen LogP) is 15.2. The summed E-state index contributed by atoms with van der Waals surface area (Å²) < 4.78 is 17.6. The fourth-order valence-electron chi connectivity index (χ4n) is 9.62. The van der Waals surface area contributed by atoms with Crippen molar-refractivity contribution in [3.05, 3.63) is 72.9 Å². The van der Waals surface area contributed by atoms with E-state index in [9.17, 15) is 35.1 Å². The van der Waals surface area contributed by atoms with Crippen LogP contribution in [-0.2, 0) is 23.8 Å². The normalized spacial score (nSPS) is 19.5. The summed E-state index contributed by atoms with van der Waals surface area (Å²) in [6.45, 7) is 5.67. The van der Waals surface area contributed by atoms with Gasteiger partial charge in [-0.3, -0.25) is 9.59 Å². The molecule has 1 heterocycles. The molecule has 8 unspecified atom stereocenters. The zero-order valence-corrected chi connectivity index (χ0v) is 49.3. The van der Waals surface area contributed by atoms with E-state index in [1.54, 1.807) is 6.08 Å². The van der Waals surface area contributed by atoms with Gasteiger partial charge in [0.25, 0.3) is 0 Å². The van der Waals surface area contributed by atoms with Crippen LogP contribution in [0.15, 0.2) is 72.9 Å². The van der Waals surface area contributed by atoms with E-state index in [-0.39, 0.29) is 19.4 Å². The SMILES string of the molecule is CC/C=C\C/C=C\C/C=C\C/C=C\C/C=C\CCCCCCCCC(O)C(=O)NC(COC1OC(CO)C(O)C(O)C1OC(=O)CCCCCCCCCCCCCCC)C(O)/C=C/CCCCCCCCCCCCC. The Morgan fingerprint density at radius 3 is 1.40 bits per heavy atom. The highest BCUT2D eigenvalue weighted by Gasteiger charge is 2.47. The highest BCUT2D eigenvalue weighted by Crippen LogP contribution is 2.26. The fourth-order valence-corrected chi connectivity index (χ4v) is 9.62. The number of rotatable bonds is 53. The maximum Gasteiger partial charge on any atom is 0.306 e. The van der Waals surface area contributed by atoms with Crippen LogP contribution in [0.4, 0.5) is 0 Å². The van der Waals surface area contributed by atoms with Gasteiger partial charge in [0, 0.05) is 6.42 Å². The molecule has 1 rings (SSSR count). The van der Waals surface area contributed by atoms with Crippen molar-refractivity contribution in [3.63, 3.8) is 0 Å². The van der Waals surface area contributed by atoms with Crippen molar-refractivity contribution in [2.45, 2.75) is 320 Å². The summed E-state index contributed by atoms with van der Waals surface area (Å²) in [6.07, 6.45) is 57.9. The topological polar surface area (TPSA) is 175 Å². The first-order valence-corrected chi connectivity index (χ1v) is 31.7. The average Bonchev–Trinajstić information content (AvgIpc) is 3.43. The molecule has 0 spiro atoms. The number of hydrogen-bond donors (Lipinski definition) is 6. The summed E-state index contributed by atoms with van der Waals surface area (Å²) in [4.78, 5) is 26.5. The third kappa shape index (κ3) is 41.7. The largest absolute Gasteiger partial charge is 0.454 e. The number of esters is 1. The third-order valence-electron chi connectivity index (χ3n) is 14.6. The molecule has 0 aromatic carbocycles. The first-order chi connectivity index (χ1) is 37.7. The van der Waals surface area contributed by atoms with E-state index in [0.717, 1.165) is 109 Å². The highest BCUT2D eigenvalue weighted by atomic mass is 16.7. The van der Waals surface area contributed by atoms with Crippen LogP contribution < -0.4 is 5.32 Å². The standard InChI is InChI=1S/C66H117NO10/c1-4-7-10-13-16-19-22-25-26-27-28-29-30-31-32-33-36-38-41-44-47-50-53-59(70)65(74)67-57(58(69)52-49-46-43-40-37-34-23-20-17-14-11-8-5-2)56-75-66-64(63(73)62(72)60(55-68)76-66)77-61(71)54-51-48-45-42-39-35-24-21-18-15-12-9-6-3/h7,10,16,19,25-26,28-29,31-32,49,52,57-60,62-64,66,68-70,72-73H,4-6,8-9,11-15,17-18,20-24,27,30,33-48,50-51,53-56H2,1-3H3,(H,67,74)/b10-7-,19-16-,26-25-,29-28-,32-31-,52-49+. The lowest BCUT2D eigenvalue weighted by molar-refractivity contribution is -0.305. The Bertz CT molecular complexity index is 1530. The number of carbonyl (C=O) groups excluding carboxylic acids is 2. The van der Waals surface area contributed by atoms with Crippen molar-refractivity contribution >= 4 is 11.9 Å². The highest BCUT2D eigenvalue weighted by molar-refractivity contribution is 5.80. The molecule has 0 radical (unpaired) electrons. The Hall–Kier alpha value is -2.90. The Morgan fingerprint density at radius 2 is 0.935 bits per heavy atom. The van der Waals surface area contributed by atoms with Gasteiger partial charge in [-0.25, -0.2) is 0 Å². The summed E-state index contributed by atoms with van der Waals surface area (Å²) in [5.41, 5.74) is 0. The van der Waals surface area contributed by atoms with Crippen LogP contribution in [0.2, 0.25) is 0 Å². The Morgan fingerprint density at radius 1 is 0.519 bits per heavy atom. The predicted molar refractivity (Wildman–Crippen MR) is 319 cm³/mol. The van der Waals surface area contributed by atoms with E-state index in [4.69, 9.17) is 14.2 Å². The number of aliphatic hydroxyl groups excluding tert-OH is 5. The number of allylic oxidation sites excluding steroid dienone is 11. The lowest BCUT2D eigenvalue weighted by Crippen LogP contribution is -2.61. The molecule has 0 aromatic heterocycles. The molecule has 1 fully saturated rings. The molecule has 1 saturated heterocycles. The minimum absolute atomic E-state index is 0.123. The van der Waals surface area contributed by atoms with E-state index in [0.29, 0.717) is 12.8 Å². The first kappa shape index (κ1) is 72.1. The lowest BCUT2D eigenvalue weighted by atomic mass is 9.99. The molecule has 0 aromatic rings. The zero-order chi connectivity index (χ0) is 56.1. The van der Waals surface area contributed by atoms with Crippen LogP contribution in [0.3, 0.4) is 0 Å². The van der Waals surface area contributed by atoms with Gasteiger partial charge < -0.3 is 45.1 Å². The number of amides is 1. The number of carbonyl (C=O) groups is 2. The first-order valence-electron chi connectivity index (χ1n) is 31.7. The molecular weight excluding hydrogens is 967 g/mol. The molecule has 8 atom stereocenters. The molecule has 1 aliphatic rings.